The summed E-state index contributed by atoms with van der Waals surface area (Å²) in [5.41, 5.74) is 3.36. The van der Waals surface area contributed by atoms with E-state index in [1.54, 1.807) is 0 Å². The van der Waals surface area contributed by atoms with Gasteiger partial charge in [-0.3, -0.25) is 0 Å². The maximum atomic E-state index is 5.50. The summed E-state index contributed by atoms with van der Waals surface area (Å²) < 4.78 is 0. The highest BCUT2D eigenvalue weighted by Gasteiger charge is 2.19. The van der Waals surface area contributed by atoms with Crippen LogP contribution in [-0.2, 0) is 0 Å². The molecule has 160 valence electrons. The average Bonchev–Trinajstić information content (AvgIpc) is 2.80. The lowest BCUT2D eigenvalue weighted by Gasteiger charge is -2.36. The average molecular weight is 433 g/mol. The highest BCUT2D eigenvalue weighted by Crippen LogP contribution is 2.20. The third kappa shape index (κ3) is 5.49. The Morgan fingerprint density at radius 3 is 2.19 bits per heavy atom. The fraction of sp³-hybridized carbons (Fsp3) is 0.292. The van der Waals surface area contributed by atoms with Gasteiger partial charge in [0.1, 0.15) is 5.82 Å². The molecule has 2 aromatic carbocycles. The van der Waals surface area contributed by atoms with Crippen LogP contribution >= 0.6 is 12.2 Å². The molecule has 0 spiro atoms. The molecule has 0 radical (unpaired) electrons. The molecule has 0 amide bonds. The molecule has 0 aliphatic carbocycles. The Kier molecular flexibility index (Phi) is 6.62. The molecule has 1 fully saturated rings. The second-order valence-electron chi connectivity index (χ2n) is 7.73. The minimum Gasteiger partial charge on any atom is -0.368 e. The fourth-order valence-electron chi connectivity index (χ4n) is 3.76. The maximum absolute atomic E-state index is 5.50. The fourth-order valence-corrected chi connectivity index (χ4v) is 4.03. The van der Waals surface area contributed by atoms with Gasteiger partial charge in [0.15, 0.2) is 5.11 Å². The summed E-state index contributed by atoms with van der Waals surface area (Å²) in [4.78, 5) is 14.0. The van der Waals surface area contributed by atoms with E-state index in [4.69, 9.17) is 17.2 Å². The zero-order valence-electron chi connectivity index (χ0n) is 18.0. The molecular formula is C24H28N6S. The third-order valence-electron chi connectivity index (χ3n) is 5.44. The predicted molar refractivity (Wildman–Crippen MR) is 132 cm³/mol. The highest BCUT2D eigenvalue weighted by molar-refractivity contribution is 7.80. The Bertz CT molecular complexity index is 1000. The van der Waals surface area contributed by atoms with Crippen molar-refractivity contribution in [3.8, 4) is 0 Å². The van der Waals surface area contributed by atoms with E-state index in [1.165, 1.54) is 11.3 Å². The van der Waals surface area contributed by atoms with Crippen LogP contribution in [0.25, 0.3) is 0 Å². The summed E-state index contributed by atoms with van der Waals surface area (Å²) in [7, 11) is 0. The second-order valence-corrected chi connectivity index (χ2v) is 8.14. The number of rotatable bonds is 5. The van der Waals surface area contributed by atoms with Crippen LogP contribution in [0.1, 0.15) is 24.2 Å². The number of nitrogens with zero attached hydrogens (tertiary/aromatic N) is 4. The van der Waals surface area contributed by atoms with Crippen molar-refractivity contribution >= 4 is 34.8 Å². The number of nitrogens with one attached hydrogen (secondary N) is 2. The molecule has 1 atom stereocenters. The van der Waals surface area contributed by atoms with E-state index < -0.39 is 0 Å². The summed E-state index contributed by atoms with van der Waals surface area (Å²) in [5, 5.41) is 6.98. The number of para-hydroxylation sites is 1. The van der Waals surface area contributed by atoms with Gasteiger partial charge >= 0.3 is 0 Å². The van der Waals surface area contributed by atoms with Gasteiger partial charge in [0, 0.05) is 43.6 Å². The zero-order chi connectivity index (χ0) is 21.6. The number of hydrogen-bond donors (Lipinski definition) is 2. The quantitative estimate of drug-likeness (QED) is 0.587. The van der Waals surface area contributed by atoms with Crippen LogP contribution in [0.15, 0.2) is 66.7 Å². The predicted octanol–water partition coefficient (Wildman–Crippen LogP) is 4.16. The van der Waals surface area contributed by atoms with Crippen LogP contribution < -0.4 is 20.4 Å². The van der Waals surface area contributed by atoms with Crippen LogP contribution in [0, 0.1) is 6.92 Å². The van der Waals surface area contributed by atoms with E-state index in [-0.39, 0.29) is 6.04 Å². The summed E-state index contributed by atoms with van der Waals surface area (Å²) in [6, 6.07) is 22.9. The summed E-state index contributed by atoms with van der Waals surface area (Å²) in [6.45, 7) is 7.82. The van der Waals surface area contributed by atoms with Gasteiger partial charge in [-0.2, -0.15) is 4.98 Å². The lowest BCUT2D eigenvalue weighted by atomic mass is 10.1. The summed E-state index contributed by atoms with van der Waals surface area (Å²) >= 11 is 5.50. The van der Waals surface area contributed by atoms with Gasteiger partial charge in [-0.25, -0.2) is 4.98 Å². The molecule has 2 heterocycles. The molecule has 1 aromatic heterocycles. The number of anilines is 3. The molecule has 6 nitrogen and oxygen atoms in total. The zero-order valence-corrected chi connectivity index (χ0v) is 18.8. The maximum Gasteiger partial charge on any atom is 0.231 e. The summed E-state index contributed by atoms with van der Waals surface area (Å²) in [6.07, 6.45) is 0. The van der Waals surface area contributed by atoms with Crippen molar-refractivity contribution in [3.05, 3.63) is 78.0 Å². The number of aromatic nitrogens is 2. The molecule has 2 N–H and O–H groups in total. The molecule has 4 rings (SSSR count). The van der Waals surface area contributed by atoms with Crippen molar-refractivity contribution < 1.29 is 0 Å². The Balaban J connectivity index is 1.38. The molecule has 1 unspecified atom stereocenters. The van der Waals surface area contributed by atoms with E-state index in [0.717, 1.165) is 37.7 Å². The number of hydrogen-bond acceptors (Lipinski definition) is 5. The van der Waals surface area contributed by atoms with Crippen LogP contribution in [0.5, 0.6) is 0 Å². The smallest absolute Gasteiger partial charge is 0.231 e. The molecule has 1 saturated heterocycles. The van der Waals surface area contributed by atoms with E-state index in [2.05, 4.69) is 74.8 Å². The van der Waals surface area contributed by atoms with Crippen molar-refractivity contribution in [2.24, 2.45) is 0 Å². The van der Waals surface area contributed by atoms with E-state index in [1.807, 2.05) is 31.2 Å². The Labute approximate surface area is 189 Å². The van der Waals surface area contributed by atoms with Crippen molar-refractivity contribution in [1.82, 2.24) is 15.3 Å². The van der Waals surface area contributed by atoms with Gasteiger partial charge < -0.3 is 20.4 Å². The first-order valence-electron chi connectivity index (χ1n) is 10.6. The monoisotopic (exact) mass is 432 g/mol. The van der Waals surface area contributed by atoms with E-state index >= 15 is 0 Å². The topological polar surface area (TPSA) is 56.3 Å². The Morgan fingerprint density at radius 1 is 0.903 bits per heavy atom. The van der Waals surface area contributed by atoms with Gasteiger partial charge in [0.2, 0.25) is 5.95 Å². The largest absolute Gasteiger partial charge is 0.368 e. The Morgan fingerprint density at radius 2 is 1.52 bits per heavy atom. The molecule has 1 aliphatic rings. The normalized spacial score (nSPS) is 14.8. The van der Waals surface area contributed by atoms with Gasteiger partial charge in [0.25, 0.3) is 0 Å². The number of thiocarbonyl (C=S) groups is 1. The molecular weight excluding hydrogens is 404 g/mol. The minimum absolute atomic E-state index is 0.0940. The number of benzene rings is 2. The van der Waals surface area contributed by atoms with E-state index in [9.17, 15) is 0 Å². The van der Waals surface area contributed by atoms with E-state index in [0.29, 0.717) is 11.1 Å². The lowest BCUT2D eigenvalue weighted by Crippen LogP contribution is -2.47. The Hall–Kier alpha value is -3.19. The molecule has 0 saturated carbocycles. The van der Waals surface area contributed by atoms with Crippen molar-refractivity contribution in [2.75, 3.05) is 41.3 Å². The van der Waals surface area contributed by atoms with Gasteiger partial charge in [-0.1, -0.05) is 48.5 Å². The van der Waals surface area contributed by atoms with Crippen LogP contribution in [0.2, 0.25) is 0 Å². The van der Waals surface area contributed by atoms with Gasteiger partial charge in [-0.05, 0) is 43.8 Å². The lowest BCUT2D eigenvalue weighted by molar-refractivity contribution is 0.647. The molecule has 3 aromatic rings. The second kappa shape index (κ2) is 9.75. The van der Waals surface area contributed by atoms with Crippen molar-refractivity contribution in [3.63, 3.8) is 0 Å². The van der Waals surface area contributed by atoms with Crippen LogP contribution in [-0.4, -0.2) is 41.3 Å². The first kappa shape index (κ1) is 21.1. The third-order valence-corrected chi connectivity index (χ3v) is 5.66. The van der Waals surface area contributed by atoms with Crippen LogP contribution in [0.3, 0.4) is 0 Å². The minimum atomic E-state index is 0.0940. The standard InChI is InChI=1S/C24H28N6S/c1-18-17-22(30-15-13-29(14-16-30)21-11-7-4-8-12-21)27-23(25-18)28-24(31)26-19(2)20-9-5-3-6-10-20/h3-12,17,19H,13-16H2,1-2H3,(H2,25,26,27,28,31). The first-order valence-corrected chi connectivity index (χ1v) is 11.0. The molecule has 1 aliphatic heterocycles. The molecule has 7 heteroatoms. The SMILES string of the molecule is Cc1cc(N2CCN(c3ccccc3)CC2)nc(NC(=S)NC(C)c2ccccc2)n1. The highest BCUT2D eigenvalue weighted by atomic mass is 32.1. The van der Waals surface area contributed by atoms with Gasteiger partial charge in [-0.15, -0.1) is 0 Å². The molecule has 31 heavy (non-hydrogen) atoms. The summed E-state index contributed by atoms with van der Waals surface area (Å²) in [5.74, 6) is 1.46. The number of piperazine rings is 1. The van der Waals surface area contributed by atoms with Gasteiger partial charge in [0.05, 0.1) is 6.04 Å². The van der Waals surface area contributed by atoms with Crippen molar-refractivity contribution in [1.29, 1.82) is 0 Å². The van der Waals surface area contributed by atoms with Crippen LogP contribution in [0.4, 0.5) is 17.5 Å². The van der Waals surface area contributed by atoms with Crippen molar-refractivity contribution in [2.45, 2.75) is 19.9 Å². The number of aryl methyl sites for hydroxylation is 1. The molecule has 0 bridgehead atoms. The first-order chi connectivity index (χ1) is 15.1.